The molecule has 0 saturated heterocycles. The van der Waals surface area contributed by atoms with Crippen LogP contribution in [0, 0.1) is 12.8 Å². The summed E-state index contributed by atoms with van der Waals surface area (Å²) in [6, 6.07) is 0.595. The third kappa shape index (κ3) is 4.76. The average Bonchev–Trinajstić information content (AvgIpc) is 2.58. The van der Waals surface area contributed by atoms with E-state index >= 15 is 0 Å². The first kappa shape index (κ1) is 12.7. The van der Waals surface area contributed by atoms with E-state index in [-0.39, 0.29) is 0 Å². The van der Waals surface area contributed by atoms with Crippen LogP contribution in [0.4, 0.5) is 0 Å². The van der Waals surface area contributed by atoms with Crippen LogP contribution in [0.15, 0.2) is 5.51 Å². The molecule has 1 N–H and O–H groups in total. The number of hydrogen-bond acceptors (Lipinski definition) is 3. The molecule has 0 aliphatic carbocycles. The number of nitrogens with zero attached hydrogens (tertiary/aromatic N) is 1. The van der Waals surface area contributed by atoms with Gasteiger partial charge in [-0.15, -0.1) is 11.3 Å². The minimum Gasteiger partial charge on any atom is -0.314 e. The van der Waals surface area contributed by atoms with Gasteiger partial charge in [-0.25, -0.2) is 4.98 Å². The summed E-state index contributed by atoms with van der Waals surface area (Å²) in [5.41, 5.74) is 3.16. The fraction of sp³-hybridized carbons (Fsp3) is 0.750. The molecule has 0 aromatic carbocycles. The van der Waals surface area contributed by atoms with Gasteiger partial charge >= 0.3 is 0 Å². The minimum atomic E-state index is 0.595. The Balaban J connectivity index is 2.22. The second kappa shape index (κ2) is 6.23. The van der Waals surface area contributed by atoms with E-state index in [0.29, 0.717) is 6.04 Å². The molecule has 1 aromatic heterocycles. The lowest BCUT2D eigenvalue weighted by molar-refractivity contribution is 0.454. The average molecular weight is 226 g/mol. The summed E-state index contributed by atoms with van der Waals surface area (Å²) in [5, 5.41) is 3.48. The van der Waals surface area contributed by atoms with E-state index in [0.717, 1.165) is 12.5 Å². The first-order valence-corrected chi connectivity index (χ1v) is 6.60. The van der Waals surface area contributed by atoms with Crippen LogP contribution in [0.3, 0.4) is 0 Å². The molecule has 1 unspecified atom stereocenters. The summed E-state index contributed by atoms with van der Waals surface area (Å²) < 4.78 is 0. The molecule has 15 heavy (non-hydrogen) atoms. The van der Waals surface area contributed by atoms with Crippen molar-refractivity contribution in [3.63, 3.8) is 0 Å². The number of aryl methyl sites for hydroxylation is 2. The molecule has 0 saturated carbocycles. The van der Waals surface area contributed by atoms with Crippen molar-refractivity contribution in [2.45, 2.75) is 46.6 Å². The van der Waals surface area contributed by atoms with Crippen molar-refractivity contribution in [2.24, 2.45) is 5.92 Å². The lowest BCUT2D eigenvalue weighted by atomic mass is 10.0. The monoisotopic (exact) mass is 226 g/mol. The van der Waals surface area contributed by atoms with Gasteiger partial charge in [0.05, 0.1) is 11.2 Å². The molecule has 0 spiro atoms. The molecule has 0 aliphatic rings. The van der Waals surface area contributed by atoms with Crippen LogP contribution in [0.25, 0.3) is 0 Å². The summed E-state index contributed by atoms with van der Waals surface area (Å²) in [5.74, 6) is 0.744. The van der Waals surface area contributed by atoms with E-state index in [9.17, 15) is 0 Å². The van der Waals surface area contributed by atoms with Gasteiger partial charge in [0.2, 0.25) is 0 Å². The second-order valence-electron chi connectivity index (χ2n) is 4.57. The fourth-order valence-electron chi connectivity index (χ4n) is 1.48. The van der Waals surface area contributed by atoms with Gasteiger partial charge in [-0.05, 0) is 32.2 Å². The zero-order valence-electron chi connectivity index (χ0n) is 10.2. The molecule has 0 bridgehead atoms. The van der Waals surface area contributed by atoms with Crippen LogP contribution in [0.5, 0.6) is 0 Å². The van der Waals surface area contributed by atoms with Crippen LogP contribution in [-0.4, -0.2) is 17.6 Å². The highest BCUT2D eigenvalue weighted by Gasteiger charge is 2.06. The van der Waals surface area contributed by atoms with Crippen molar-refractivity contribution in [1.82, 2.24) is 10.3 Å². The topological polar surface area (TPSA) is 24.9 Å². The highest BCUT2D eigenvalue weighted by atomic mass is 32.1. The van der Waals surface area contributed by atoms with Gasteiger partial charge in [0, 0.05) is 10.9 Å². The van der Waals surface area contributed by atoms with Crippen molar-refractivity contribution in [3.8, 4) is 0 Å². The van der Waals surface area contributed by atoms with Crippen LogP contribution in [-0.2, 0) is 6.42 Å². The molecule has 0 radical (unpaired) electrons. The Morgan fingerprint density at radius 2 is 2.13 bits per heavy atom. The summed E-state index contributed by atoms with van der Waals surface area (Å²) in [6.07, 6.45) is 2.43. The molecule has 0 aliphatic heterocycles. The largest absolute Gasteiger partial charge is 0.314 e. The van der Waals surface area contributed by atoms with Crippen molar-refractivity contribution in [2.75, 3.05) is 6.54 Å². The molecule has 86 valence electrons. The van der Waals surface area contributed by atoms with Gasteiger partial charge in [-0.1, -0.05) is 20.8 Å². The normalized spacial score (nSPS) is 13.4. The van der Waals surface area contributed by atoms with Gasteiger partial charge < -0.3 is 5.32 Å². The predicted octanol–water partition coefficient (Wildman–Crippen LogP) is 3.02. The highest BCUT2D eigenvalue weighted by Crippen LogP contribution is 2.16. The molecular weight excluding hydrogens is 204 g/mol. The van der Waals surface area contributed by atoms with Gasteiger partial charge in [-0.2, -0.15) is 0 Å². The smallest absolute Gasteiger partial charge is 0.0797 e. The molecule has 3 heteroatoms. The fourth-order valence-corrected chi connectivity index (χ4v) is 2.28. The third-order valence-electron chi connectivity index (χ3n) is 2.58. The molecule has 1 rings (SSSR count). The molecular formula is C12H22N2S. The zero-order valence-corrected chi connectivity index (χ0v) is 11.0. The van der Waals surface area contributed by atoms with Gasteiger partial charge in [0.15, 0.2) is 0 Å². The Labute approximate surface area is 97.1 Å². The van der Waals surface area contributed by atoms with Gasteiger partial charge in [0.25, 0.3) is 0 Å². The van der Waals surface area contributed by atoms with Gasteiger partial charge in [0.1, 0.15) is 0 Å². The Morgan fingerprint density at radius 1 is 1.40 bits per heavy atom. The second-order valence-corrected chi connectivity index (χ2v) is 5.51. The zero-order chi connectivity index (χ0) is 11.3. The van der Waals surface area contributed by atoms with Crippen molar-refractivity contribution >= 4 is 11.3 Å². The van der Waals surface area contributed by atoms with Crippen LogP contribution < -0.4 is 5.32 Å². The Bertz CT molecular complexity index is 281. The highest BCUT2D eigenvalue weighted by molar-refractivity contribution is 7.09. The van der Waals surface area contributed by atoms with E-state index in [1.54, 1.807) is 11.3 Å². The lowest BCUT2D eigenvalue weighted by Gasteiger charge is -2.14. The van der Waals surface area contributed by atoms with E-state index in [4.69, 9.17) is 0 Å². The minimum absolute atomic E-state index is 0.595. The van der Waals surface area contributed by atoms with Crippen molar-refractivity contribution in [3.05, 3.63) is 16.1 Å². The Hall–Kier alpha value is -0.410. The quantitative estimate of drug-likeness (QED) is 0.806. The summed E-state index contributed by atoms with van der Waals surface area (Å²) in [7, 11) is 0. The standard InChI is InChI=1S/C12H22N2S/c1-9(2)13-7-10(3)5-6-12-11(4)14-8-15-12/h8-10,13H,5-7H2,1-4H3. The van der Waals surface area contributed by atoms with E-state index < -0.39 is 0 Å². The summed E-state index contributed by atoms with van der Waals surface area (Å²) >= 11 is 1.78. The molecule has 1 atom stereocenters. The maximum absolute atomic E-state index is 4.27. The number of hydrogen-bond donors (Lipinski definition) is 1. The molecule has 0 amide bonds. The molecule has 2 nitrogen and oxygen atoms in total. The summed E-state index contributed by atoms with van der Waals surface area (Å²) in [4.78, 5) is 5.72. The van der Waals surface area contributed by atoms with Gasteiger partial charge in [-0.3, -0.25) is 0 Å². The first-order valence-electron chi connectivity index (χ1n) is 5.72. The number of nitrogens with one attached hydrogen (secondary N) is 1. The number of thiazole rings is 1. The Morgan fingerprint density at radius 3 is 2.67 bits per heavy atom. The van der Waals surface area contributed by atoms with E-state index in [2.05, 4.69) is 38.0 Å². The SMILES string of the molecule is Cc1ncsc1CCC(C)CNC(C)C. The molecule has 1 heterocycles. The van der Waals surface area contributed by atoms with Crippen molar-refractivity contribution < 1.29 is 0 Å². The third-order valence-corrected chi connectivity index (χ3v) is 3.58. The molecule has 1 aromatic rings. The van der Waals surface area contributed by atoms with Crippen LogP contribution in [0.2, 0.25) is 0 Å². The first-order chi connectivity index (χ1) is 7.09. The molecule has 0 fully saturated rings. The number of rotatable bonds is 6. The maximum atomic E-state index is 4.27. The van der Waals surface area contributed by atoms with Crippen LogP contribution in [0.1, 0.15) is 37.8 Å². The Kier molecular flexibility index (Phi) is 5.26. The van der Waals surface area contributed by atoms with Crippen molar-refractivity contribution in [1.29, 1.82) is 0 Å². The lowest BCUT2D eigenvalue weighted by Crippen LogP contribution is -2.28. The van der Waals surface area contributed by atoms with E-state index in [1.807, 2.05) is 5.51 Å². The number of aromatic nitrogens is 1. The predicted molar refractivity (Wildman–Crippen MR) is 67.5 cm³/mol. The maximum Gasteiger partial charge on any atom is 0.0797 e. The van der Waals surface area contributed by atoms with Crippen LogP contribution >= 0.6 is 11.3 Å². The summed E-state index contributed by atoms with van der Waals surface area (Å²) in [6.45, 7) is 9.92. The van der Waals surface area contributed by atoms with E-state index in [1.165, 1.54) is 23.4 Å².